The fourth-order valence-electron chi connectivity index (χ4n) is 2.95. The molecule has 1 aromatic carbocycles. The predicted octanol–water partition coefficient (Wildman–Crippen LogP) is 4.98. The monoisotopic (exact) mass is 541 g/mol. The van der Waals surface area contributed by atoms with Crippen LogP contribution >= 0.6 is 22.6 Å². The summed E-state index contributed by atoms with van der Waals surface area (Å²) in [4.78, 5) is 18.3. The molecule has 1 aromatic heterocycles. The van der Waals surface area contributed by atoms with Crippen LogP contribution in [0.1, 0.15) is 37.9 Å². The van der Waals surface area contributed by atoms with Crippen LogP contribution in [-0.2, 0) is 30.6 Å². The van der Waals surface area contributed by atoms with E-state index in [9.17, 15) is 22.4 Å². The molecule has 0 saturated carbocycles. The zero-order chi connectivity index (χ0) is 22.3. The molecule has 0 atom stereocenters. The highest BCUT2D eigenvalue weighted by Gasteiger charge is 2.34. The van der Waals surface area contributed by atoms with Gasteiger partial charge in [-0.25, -0.2) is 14.2 Å². The Bertz CT molecular complexity index is 954. The van der Waals surface area contributed by atoms with Crippen molar-refractivity contribution in [3.05, 3.63) is 44.8 Å². The third-order valence-electron chi connectivity index (χ3n) is 4.30. The Morgan fingerprint density at radius 3 is 2.57 bits per heavy atom. The van der Waals surface area contributed by atoms with Gasteiger partial charge in [0.25, 0.3) is 0 Å². The summed E-state index contributed by atoms with van der Waals surface area (Å²) in [5.74, 6) is -0.955. The normalized spacial score (nSPS) is 14.5. The zero-order valence-corrected chi connectivity index (χ0v) is 18.7. The largest absolute Gasteiger partial charge is 0.486 e. The van der Waals surface area contributed by atoms with Crippen LogP contribution in [0.5, 0.6) is 5.75 Å². The second kappa shape index (κ2) is 8.23. The number of amides is 1. The SMILES string of the molecule is CC(C)(C)OC(=O)N1CCn2c(COc3ccc(F)c(C(F)(F)F)c3)nc(I)c2C1. The second-order valence-electron chi connectivity index (χ2n) is 7.75. The van der Waals surface area contributed by atoms with Gasteiger partial charge in [-0.3, -0.25) is 0 Å². The lowest BCUT2D eigenvalue weighted by molar-refractivity contribution is -0.140. The molecule has 0 spiro atoms. The van der Waals surface area contributed by atoms with Crippen molar-refractivity contribution in [2.45, 2.75) is 52.2 Å². The van der Waals surface area contributed by atoms with E-state index in [-0.39, 0.29) is 12.4 Å². The minimum absolute atomic E-state index is 0.0919. The zero-order valence-electron chi connectivity index (χ0n) is 16.5. The molecule has 30 heavy (non-hydrogen) atoms. The molecule has 2 heterocycles. The molecular weight excluding hydrogens is 521 g/mol. The molecule has 6 nitrogen and oxygen atoms in total. The van der Waals surface area contributed by atoms with Crippen molar-refractivity contribution in [1.29, 1.82) is 0 Å². The first-order chi connectivity index (χ1) is 13.8. The van der Waals surface area contributed by atoms with E-state index in [0.717, 1.165) is 17.8 Å². The van der Waals surface area contributed by atoms with Crippen LogP contribution in [0.4, 0.5) is 22.4 Å². The van der Waals surface area contributed by atoms with Crippen LogP contribution in [0.15, 0.2) is 18.2 Å². The standard InChI is InChI=1S/C19H20F4IN3O3/c1-18(2,3)30-17(28)26-6-7-27-14(9-26)16(24)25-15(27)10-29-11-4-5-13(20)12(8-11)19(21,22)23/h4-5,8H,6-7,9-10H2,1-3H3. The van der Waals surface area contributed by atoms with Gasteiger partial charge in [-0.15, -0.1) is 0 Å². The summed E-state index contributed by atoms with van der Waals surface area (Å²) in [5, 5.41) is 0. The van der Waals surface area contributed by atoms with Gasteiger partial charge < -0.3 is 18.9 Å². The second-order valence-corrected chi connectivity index (χ2v) is 8.77. The number of imidazole rings is 1. The Morgan fingerprint density at radius 1 is 1.23 bits per heavy atom. The van der Waals surface area contributed by atoms with E-state index < -0.39 is 29.3 Å². The fraction of sp³-hybridized carbons (Fsp3) is 0.474. The summed E-state index contributed by atoms with van der Waals surface area (Å²) in [6, 6.07) is 2.49. The maximum atomic E-state index is 13.4. The van der Waals surface area contributed by atoms with Gasteiger partial charge in [0.15, 0.2) is 0 Å². The van der Waals surface area contributed by atoms with Crippen LogP contribution in [-0.4, -0.2) is 32.7 Å². The number of fused-ring (bicyclic) bond motifs is 1. The lowest BCUT2D eigenvalue weighted by Gasteiger charge is -2.31. The lowest BCUT2D eigenvalue weighted by Crippen LogP contribution is -2.41. The average molecular weight is 541 g/mol. The Hall–Kier alpha value is -2.05. The lowest BCUT2D eigenvalue weighted by atomic mass is 10.2. The molecule has 1 amide bonds. The van der Waals surface area contributed by atoms with Crippen molar-refractivity contribution in [2.24, 2.45) is 0 Å². The molecule has 2 aromatic rings. The van der Waals surface area contributed by atoms with Gasteiger partial charge in [-0.1, -0.05) is 0 Å². The minimum atomic E-state index is -4.81. The maximum Gasteiger partial charge on any atom is 0.419 e. The van der Waals surface area contributed by atoms with Crippen LogP contribution in [0.3, 0.4) is 0 Å². The van der Waals surface area contributed by atoms with Gasteiger partial charge in [-0.2, -0.15) is 13.2 Å². The molecule has 0 saturated heterocycles. The Balaban J connectivity index is 1.72. The van der Waals surface area contributed by atoms with E-state index in [4.69, 9.17) is 9.47 Å². The summed E-state index contributed by atoms with van der Waals surface area (Å²) in [7, 11) is 0. The molecule has 3 rings (SSSR count). The predicted molar refractivity (Wildman–Crippen MR) is 107 cm³/mol. The van der Waals surface area contributed by atoms with E-state index in [0.29, 0.717) is 35.2 Å². The van der Waals surface area contributed by atoms with Crippen molar-refractivity contribution in [3.8, 4) is 5.75 Å². The molecule has 1 aliphatic heterocycles. The van der Waals surface area contributed by atoms with Gasteiger partial charge in [-0.05, 0) is 61.6 Å². The Kier molecular flexibility index (Phi) is 6.21. The number of rotatable bonds is 3. The Morgan fingerprint density at radius 2 is 1.93 bits per heavy atom. The van der Waals surface area contributed by atoms with Gasteiger partial charge in [0.1, 0.15) is 33.3 Å². The number of nitrogens with zero attached hydrogens (tertiary/aromatic N) is 3. The van der Waals surface area contributed by atoms with Crippen molar-refractivity contribution < 1.29 is 31.8 Å². The van der Waals surface area contributed by atoms with Crippen molar-refractivity contribution in [2.75, 3.05) is 6.54 Å². The highest BCUT2D eigenvalue weighted by atomic mass is 127. The number of aromatic nitrogens is 2. The van der Waals surface area contributed by atoms with Gasteiger partial charge in [0.2, 0.25) is 0 Å². The number of carbonyl (C=O) groups is 1. The highest BCUT2D eigenvalue weighted by Crippen LogP contribution is 2.34. The van der Waals surface area contributed by atoms with Crippen LogP contribution < -0.4 is 4.74 Å². The van der Waals surface area contributed by atoms with Crippen LogP contribution in [0.25, 0.3) is 0 Å². The first-order valence-corrected chi connectivity index (χ1v) is 10.1. The topological polar surface area (TPSA) is 56.6 Å². The summed E-state index contributed by atoms with van der Waals surface area (Å²) >= 11 is 2.04. The number of ether oxygens (including phenoxy) is 2. The van der Waals surface area contributed by atoms with Crippen molar-refractivity contribution in [3.63, 3.8) is 0 Å². The molecule has 1 aliphatic rings. The van der Waals surface area contributed by atoms with Gasteiger partial charge in [0, 0.05) is 13.1 Å². The Labute approximate surface area is 184 Å². The van der Waals surface area contributed by atoms with E-state index in [1.54, 1.807) is 25.7 Å². The van der Waals surface area contributed by atoms with Gasteiger partial charge in [0.05, 0.1) is 17.8 Å². The number of benzene rings is 1. The molecule has 0 bridgehead atoms. The molecule has 11 heteroatoms. The molecule has 0 radical (unpaired) electrons. The van der Waals surface area contributed by atoms with Crippen LogP contribution in [0.2, 0.25) is 0 Å². The third kappa shape index (κ3) is 5.16. The van der Waals surface area contributed by atoms with Crippen molar-refractivity contribution >= 4 is 28.7 Å². The van der Waals surface area contributed by atoms with E-state index in [2.05, 4.69) is 4.98 Å². The molecular formula is C19H20F4IN3O3. The number of alkyl halides is 3. The first-order valence-electron chi connectivity index (χ1n) is 9.06. The molecule has 0 N–H and O–H groups in total. The number of halogens is 5. The molecule has 0 fully saturated rings. The first kappa shape index (κ1) is 22.6. The van der Waals surface area contributed by atoms with Crippen LogP contribution in [0, 0.1) is 9.52 Å². The average Bonchev–Trinajstić information content (AvgIpc) is 2.94. The number of carbonyl (C=O) groups excluding carboxylic acids is 1. The van der Waals surface area contributed by atoms with E-state index >= 15 is 0 Å². The summed E-state index contributed by atoms with van der Waals surface area (Å²) < 4.78 is 65.4. The highest BCUT2D eigenvalue weighted by molar-refractivity contribution is 14.1. The quantitative estimate of drug-likeness (QED) is 0.407. The summed E-state index contributed by atoms with van der Waals surface area (Å²) in [5.41, 5.74) is -1.19. The smallest absolute Gasteiger partial charge is 0.419 e. The van der Waals surface area contributed by atoms with Gasteiger partial charge >= 0.3 is 12.3 Å². The summed E-state index contributed by atoms with van der Waals surface area (Å²) in [6.07, 6.45) is -5.23. The molecule has 0 unspecified atom stereocenters. The fourth-order valence-corrected chi connectivity index (χ4v) is 3.69. The number of hydrogen-bond donors (Lipinski definition) is 0. The maximum absolute atomic E-state index is 13.4. The molecule has 164 valence electrons. The van der Waals surface area contributed by atoms with Crippen molar-refractivity contribution in [1.82, 2.24) is 14.5 Å². The van der Waals surface area contributed by atoms with E-state index in [1.807, 2.05) is 27.2 Å². The molecule has 0 aliphatic carbocycles. The minimum Gasteiger partial charge on any atom is -0.486 e. The summed E-state index contributed by atoms with van der Waals surface area (Å²) in [6.45, 7) is 6.42. The third-order valence-corrected chi connectivity index (χ3v) is 5.16. The number of hydrogen-bond acceptors (Lipinski definition) is 4. The van der Waals surface area contributed by atoms with E-state index in [1.165, 1.54) is 0 Å².